The Morgan fingerprint density at radius 3 is 3.29 bits per heavy atom. The normalized spacial score (nSPS) is 19.0. The van der Waals surface area contributed by atoms with Crippen LogP contribution in [0.2, 0.25) is 0 Å². The first-order valence-corrected chi connectivity index (χ1v) is 5.85. The molecule has 0 fully saturated rings. The van der Waals surface area contributed by atoms with E-state index in [0.29, 0.717) is 0 Å². The van der Waals surface area contributed by atoms with E-state index >= 15 is 0 Å². The number of carbonyl (C=O) groups excluding carboxylic acids is 1. The quantitative estimate of drug-likeness (QED) is 0.762. The van der Waals surface area contributed by atoms with Gasteiger partial charge in [-0.1, -0.05) is 0 Å². The van der Waals surface area contributed by atoms with Crippen LogP contribution in [0, 0.1) is 0 Å². The zero-order valence-corrected chi connectivity index (χ0v) is 9.69. The van der Waals surface area contributed by atoms with Crippen LogP contribution in [0.4, 0.5) is 0 Å². The molecule has 2 heterocycles. The number of ether oxygens (including phenoxy) is 1. The number of pyridine rings is 1. The van der Waals surface area contributed by atoms with Crippen LogP contribution in [0.25, 0.3) is 11.0 Å². The van der Waals surface area contributed by atoms with Crippen molar-refractivity contribution in [3.8, 4) is 0 Å². The van der Waals surface area contributed by atoms with Crippen LogP contribution >= 0.6 is 0 Å². The van der Waals surface area contributed by atoms with E-state index in [2.05, 4.69) is 16.0 Å². The highest BCUT2D eigenvalue weighted by atomic mass is 16.5. The number of hydrogen-bond acceptors (Lipinski definition) is 3. The van der Waals surface area contributed by atoms with Gasteiger partial charge in [-0.2, -0.15) is 0 Å². The third kappa shape index (κ3) is 1.79. The van der Waals surface area contributed by atoms with Gasteiger partial charge in [0.1, 0.15) is 11.8 Å². The van der Waals surface area contributed by atoms with Gasteiger partial charge in [-0.3, -0.25) is 4.79 Å². The molecule has 4 heteroatoms. The van der Waals surface area contributed by atoms with Crippen molar-refractivity contribution in [2.45, 2.75) is 32.3 Å². The number of esters is 1. The van der Waals surface area contributed by atoms with Gasteiger partial charge >= 0.3 is 5.97 Å². The topological polar surface area (TPSA) is 55.0 Å². The number of rotatable bonds is 1. The van der Waals surface area contributed by atoms with Gasteiger partial charge in [-0.25, -0.2) is 4.98 Å². The summed E-state index contributed by atoms with van der Waals surface area (Å²) >= 11 is 0. The maximum absolute atomic E-state index is 11.0. The average Bonchev–Trinajstić information content (AvgIpc) is 2.66. The summed E-state index contributed by atoms with van der Waals surface area (Å²) in [6, 6.07) is 4.00. The van der Waals surface area contributed by atoms with Crippen molar-refractivity contribution in [2.75, 3.05) is 0 Å². The van der Waals surface area contributed by atoms with Crippen molar-refractivity contribution in [1.82, 2.24) is 9.97 Å². The van der Waals surface area contributed by atoms with Crippen LogP contribution in [0.15, 0.2) is 18.3 Å². The second kappa shape index (κ2) is 3.87. The SMILES string of the molecule is CC(=O)OC1CCc2[nH]c3ncccc3c2C1. The summed E-state index contributed by atoms with van der Waals surface area (Å²) in [5.41, 5.74) is 3.42. The highest BCUT2D eigenvalue weighted by Crippen LogP contribution is 2.29. The summed E-state index contributed by atoms with van der Waals surface area (Å²) in [6.45, 7) is 1.46. The van der Waals surface area contributed by atoms with E-state index in [1.165, 1.54) is 18.2 Å². The smallest absolute Gasteiger partial charge is 0.302 e. The predicted octanol–water partition coefficient (Wildman–Crippen LogP) is 1.98. The van der Waals surface area contributed by atoms with E-state index in [0.717, 1.165) is 30.3 Å². The molecule has 1 aliphatic rings. The Morgan fingerprint density at radius 2 is 2.47 bits per heavy atom. The number of hydrogen-bond donors (Lipinski definition) is 1. The van der Waals surface area contributed by atoms with E-state index in [1.807, 2.05) is 6.07 Å². The molecule has 2 aromatic heterocycles. The fraction of sp³-hybridized carbons (Fsp3) is 0.385. The first-order chi connectivity index (χ1) is 8.24. The molecule has 3 rings (SSSR count). The fourth-order valence-corrected chi connectivity index (χ4v) is 2.55. The molecule has 1 unspecified atom stereocenters. The monoisotopic (exact) mass is 230 g/mol. The van der Waals surface area contributed by atoms with Gasteiger partial charge in [0.05, 0.1) is 0 Å². The maximum Gasteiger partial charge on any atom is 0.302 e. The average molecular weight is 230 g/mol. The number of aryl methyl sites for hydroxylation is 1. The highest BCUT2D eigenvalue weighted by Gasteiger charge is 2.24. The lowest BCUT2D eigenvalue weighted by Gasteiger charge is -2.21. The summed E-state index contributed by atoms with van der Waals surface area (Å²) in [5.74, 6) is -0.198. The lowest BCUT2D eigenvalue weighted by Crippen LogP contribution is -2.24. The van der Waals surface area contributed by atoms with Crippen LogP contribution in [0.3, 0.4) is 0 Å². The zero-order chi connectivity index (χ0) is 11.8. The molecule has 17 heavy (non-hydrogen) atoms. The van der Waals surface area contributed by atoms with Crippen LogP contribution in [0.5, 0.6) is 0 Å². The summed E-state index contributed by atoms with van der Waals surface area (Å²) in [6.07, 6.45) is 4.40. The van der Waals surface area contributed by atoms with Crippen molar-refractivity contribution in [3.05, 3.63) is 29.6 Å². The van der Waals surface area contributed by atoms with Crippen molar-refractivity contribution >= 4 is 17.0 Å². The minimum atomic E-state index is -0.198. The molecule has 88 valence electrons. The molecular weight excluding hydrogens is 216 g/mol. The number of aromatic amines is 1. The first-order valence-electron chi connectivity index (χ1n) is 5.85. The molecule has 0 saturated carbocycles. The summed E-state index contributed by atoms with van der Waals surface area (Å²) < 4.78 is 5.29. The van der Waals surface area contributed by atoms with Crippen molar-refractivity contribution in [3.63, 3.8) is 0 Å². The number of carbonyl (C=O) groups is 1. The lowest BCUT2D eigenvalue weighted by atomic mass is 9.93. The molecular formula is C13H14N2O2. The maximum atomic E-state index is 11.0. The van der Waals surface area contributed by atoms with Crippen molar-refractivity contribution in [1.29, 1.82) is 0 Å². The zero-order valence-electron chi connectivity index (χ0n) is 9.69. The van der Waals surface area contributed by atoms with E-state index in [-0.39, 0.29) is 12.1 Å². The molecule has 1 atom stereocenters. The van der Waals surface area contributed by atoms with E-state index in [9.17, 15) is 4.79 Å². The van der Waals surface area contributed by atoms with Gasteiger partial charge in [0.25, 0.3) is 0 Å². The number of H-pyrrole nitrogens is 1. The summed E-state index contributed by atoms with van der Waals surface area (Å²) in [7, 11) is 0. The Morgan fingerprint density at radius 1 is 1.59 bits per heavy atom. The van der Waals surface area contributed by atoms with E-state index in [4.69, 9.17) is 4.74 Å². The van der Waals surface area contributed by atoms with Crippen molar-refractivity contribution in [2.24, 2.45) is 0 Å². The van der Waals surface area contributed by atoms with Gasteiger partial charge in [0.15, 0.2) is 0 Å². The number of fused-ring (bicyclic) bond motifs is 3. The van der Waals surface area contributed by atoms with Gasteiger partial charge in [-0.05, 0) is 30.5 Å². The van der Waals surface area contributed by atoms with Crippen LogP contribution in [0.1, 0.15) is 24.6 Å². The lowest BCUT2D eigenvalue weighted by molar-refractivity contribution is -0.146. The number of nitrogens with zero attached hydrogens (tertiary/aromatic N) is 1. The van der Waals surface area contributed by atoms with Gasteiger partial charge in [0, 0.05) is 30.6 Å². The minimum Gasteiger partial charge on any atom is -0.462 e. The highest BCUT2D eigenvalue weighted by molar-refractivity contribution is 5.81. The van der Waals surface area contributed by atoms with Crippen LogP contribution in [-0.4, -0.2) is 22.0 Å². The molecule has 4 nitrogen and oxygen atoms in total. The Labute approximate surface area is 99.0 Å². The van der Waals surface area contributed by atoms with Crippen LogP contribution in [-0.2, 0) is 22.4 Å². The largest absolute Gasteiger partial charge is 0.462 e. The van der Waals surface area contributed by atoms with E-state index < -0.39 is 0 Å². The summed E-state index contributed by atoms with van der Waals surface area (Å²) in [4.78, 5) is 18.6. The first kappa shape index (κ1) is 10.3. The van der Waals surface area contributed by atoms with Crippen molar-refractivity contribution < 1.29 is 9.53 Å². The number of aromatic nitrogens is 2. The second-order valence-corrected chi connectivity index (χ2v) is 4.46. The predicted molar refractivity (Wildman–Crippen MR) is 63.7 cm³/mol. The van der Waals surface area contributed by atoms with Gasteiger partial charge in [0.2, 0.25) is 0 Å². The molecule has 0 amide bonds. The molecule has 0 aliphatic heterocycles. The standard InChI is InChI=1S/C13H14N2O2/c1-8(16)17-9-4-5-12-11(7-9)10-3-2-6-14-13(10)15-12/h2-3,6,9H,4-5,7H2,1H3,(H,14,15). The Hall–Kier alpha value is -1.84. The van der Waals surface area contributed by atoms with E-state index in [1.54, 1.807) is 6.20 Å². The third-order valence-electron chi connectivity index (χ3n) is 3.25. The molecule has 1 aliphatic carbocycles. The van der Waals surface area contributed by atoms with Crippen LogP contribution < -0.4 is 0 Å². The Kier molecular flexibility index (Phi) is 2.35. The Balaban J connectivity index is 1.97. The fourth-order valence-electron chi connectivity index (χ4n) is 2.55. The van der Waals surface area contributed by atoms with Gasteiger partial charge in [-0.15, -0.1) is 0 Å². The molecule has 1 N–H and O–H groups in total. The molecule has 0 aromatic carbocycles. The minimum absolute atomic E-state index is 0.0132. The molecule has 0 radical (unpaired) electrons. The molecule has 2 aromatic rings. The Bertz CT molecular complexity index is 574. The molecule has 0 bridgehead atoms. The van der Waals surface area contributed by atoms with Gasteiger partial charge < -0.3 is 9.72 Å². The molecule has 0 saturated heterocycles. The third-order valence-corrected chi connectivity index (χ3v) is 3.25. The second-order valence-electron chi connectivity index (χ2n) is 4.46. The summed E-state index contributed by atoms with van der Waals surface area (Å²) in [5, 5.41) is 1.15. The molecule has 0 spiro atoms. The number of nitrogens with one attached hydrogen (secondary N) is 1.